The van der Waals surface area contributed by atoms with Gasteiger partial charge >= 0.3 is 6.36 Å². The molecule has 0 aliphatic carbocycles. The molecule has 1 aromatic carbocycles. The maximum atomic E-state index is 13.0. The number of nitrogens with two attached hydrogens (primary N) is 1. The summed E-state index contributed by atoms with van der Waals surface area (Å²) in [7, 11) is 0. The van der Waals surface area contributed by atoms with Gasteiger partial charge in [-0.15, -0.1) is 24.5 Å². The van der Waals surface area contributed by atoms with Crippen molar-refractivity contribution in [2.75, 3.05) is 19.6 Å². The smallest absolute Gasteiger partial charge is 0.406 e. The van der Waals surface area contributed by atoms with Crippen LogP contribution in [-0.2, 0) is 0 Å². The van der Waals surface area contributed by atoms with Crippen molar-refractivity contribution in [2.45, 2.75) is 32.2 Å². The van der Waals surface area contributed by atoms with Crippen LogP contribution in [0.25, 0.3) is 5.57 Å². The number of rotatable bonds is 8. The zero-order valence-corrected chi connectivity index (χ0v) is 18.2. The summed E-state index contributed by atoms with van der Waals surface area (Å²) in [5.74, 6) is -0.445. The van der Waals surface area contributed by atoms with Crippen LogP contribution < -0.4 is 15.8 Å². The van der Waals surface area contributed by atoms with Crippen molar-refractivity contribution in [3.63, 3.8) is 0 Å². The Balaban J connectivity index is 1.70. The van der Waals surface area contributed by atoms with E-state index < -0.39 is 6.36 Å². The second-order valence-corrected chi connectivity index (χ2v) is 7.96. The van der Waals surface area contributed by atoms with Gasteiger partial charge in [0, 0.05) is 42.5 Å². The normalized spacial score (nSPS) is 17.1. The Labute approximate surface area is 187 Å². The Morgan fingerprint density at radius 3 is 2.75 bits per heavy atom. The van der Waals surface area contributed by atoms with Gasteiger partial charge < -0.3 is 20.7 Å². The Kier molecular flexibility index (Phi) is 7.86. The first kappa shape index (κ1) is 23.7. The number of aliphatic imine (C=N–C) groups is 1. The minimum absolute atomic E-state index is 0.114. The molecule has 2 heterocycles. The zero-order valence-electron chi connectivity index (χ0n) is 17.4. The number of carbonyl (C=O) groups excluding carboxylic acids is 1. The molecule has 1 fully saturated rings. The number of carbonyl (C=O) groups is 1. The van der Waals surface area contributed by atoms with Crippen molar-refractivity contribution >= 4 is 34.7 Å². The lowest BCUT2D eigenvalue weighted by Gasteiger charge is -2.27. The highest BCUT2D eigenvalue weighted by Gasteiger charge is 2.31. The lowest BCUT2D eigenvalue weighted by Crippen LogP contribution is -2.42. The fraction of sp³-hybridized carbons (Fsp3) is 0.381. The topological polar surface area (TPSA) is 92.8 Å². The fourth-order valence-electron chi connectivity index (χ4n) is 3.30. The van der Waals surface area contributed by atoms with Gasteiger partial charge in [-0.05, 0) is 43.7 Å². The average molecular weight is 468 g/mol. The molecule has 1 aromatic heterocycles. The number of hydrogen-bond acceptors (Lipinski definition) is 7. The first-order valence-corrected chi connectivity index (χ1v) is 11.0. The zero-order chi connectivity index (χ0) is 23.1. The molecule has 0 bridgehead atoms. The van der Waals surface area contributed by atoms with Crippen LogP contribution in [0, 0.1) is 0 Å². The number of aromatic nitrogens is 1. The van der Waals surface area contributed by atoms with Crippen LogP contribution in [0.1, 0.15) is 35.3 Å². The Morgan fingerprint density at radius 2 is 2.16 bits per heavy atom. The van der Waals surface area contributed by atoms with Crippen LogP contribution >= 0.6 is 11.3 Å². The van der Waals surface area contributed by atoms with Crippen LogP contribution in [0.3, 0.4) is 0 Å². The summed E-state index contributed by atoms with van der Waals surface area (Å²) in [5.41, 5.74) is 6.98. The monoisotopic (exact) mass is 467 g/mol. The largest absolute Gasteiger partial charge is 0.573 e. The van der Waals surface area contributed by atoms with Gasteiger partial charge in [0.25, 0.3) is 5.91 Å². The third-order valence-corrected chi connectivity index (χ3v) is 5.66. The molecule has 0 unspecified atom stereocenters. The van der Waals surface area contributed by atoms with Crippen molar-refractivity contribution in [3.8, 4) is 5.75 Å². The second kappa shape index (κ2) is 10.6. The summed E-state index contributed by atoms with van der Waals surface area (Å²) >= 11 is 1.27. The fourth-order valence-corrected chi connectivity index (χ4v) is 4.08. The molecule has 32 heavy (non-hydrogen) atoms. The summed E-state index contributed by atoms with van der Waals surface area (Å²) in [6.07, 6.45) is -0.205. The number of allylic oxidation sites excluding steroid dienone is 1. The molecule has 1 saturated heterocycles. The Morgan fingerprint density at radius 1 is 1.41 bits per heavy atom. The molecular formula is C21H24F3N5O2S. The number of benzene rings is 1. The van der Waals surface area contributed by atoms with Crippen molar-refractivity contribution in [1.29, 1.82) is 0 Å². The molecule has 0 saturated carbocycles. The number of amides is 1. The Bertz CT molecular complexity index is 967. The predicted molar refractivity (Wildman–Crippen MR) is 118 cm³/mol. The summed E-state index contributed by atoms with van der Waals surface area (Å²) in [5, 5.41) is 5.50. The molecular weight excluding hydrogens is 443 g/mol. The number of ether oxygens (including phenoxy) is 1. The highest BCUT2D eigenvalue weighted by molar-refractivity contribution is 7.11. The number of halogens is 3. The van der Waals surface area contributed by atoms with Gasteiger partial charge in [-0.3, -0.25) is 9.79 Å². The quantitative estimate of drug-likeness (QED) is 0.574. The van der Waals surface area contributed by atoms with E-state index in [1.807, 2.05) is 11.8 Å². The van der Waals surface area contributed by atoms with E-state index >= 15 is 0 Å². The number of alkyl halides is 3. The number of thiazole rings is 1. The van der Waals surface area contributed by atoms with Crippen molar-refractivity contribution in [3.05, 3.63) is 46.5 Å². The maximum absolute atomic E-state index is 13.0. The molecule has 7 nitrogen and oxygen atoms in total. The van der Waals surface area contributed by atoms with E-state index in [1.165, 1.54) is 48.0 Å². The molecule has 172 valence electrons. The molecule has 3 N–H and O–H groups in total. The first-order valence-electron chi connectivity index (χ1n) is 10.1. The van der Waals surface area contributed by atoms with Gasteiger partial charge in [-0.25, -0.2) is 4.98 Å². The lowest BCUT2D eigenvalue weighted by molar-refractivity contribution is -0.274. The molecule has 1 amide bonds. The summed E-state index contributed by atoms with van der Waals surface area (Å²) in [6, 6.07) is 5.28. The van der Waals surface area contributed by atoms with Crippen molar-refractivity contribution in [1.82, 2.24) is 15.2 Å². The van der Waals surface area contributed by atoms with E-state index in [9.17, 15) is 18.0 Å². The average Bonchev–Trinajstić information content (AvgIpc) is 3.45. The lowest BCUT2D eigenvalue weighted by atomic mass is 10.2. The third kappa shape index (κ3) is 6.30. The van der Waals surface area contributed by atoms with Gasteiger partial charge in [0.1, 0.15) is 16.5 Å². The number of nitrogens with zero attached hydrogens (tertiary/aromatic N) is 3. The van der Waals surface area contributed by atoms with Crippen molar-refractivity contribution < 1.29 is 22.7 Å². The Hall–Kier alpha value is -2.92. The summed E-state index contributed by atoms with van der Waals surface area (Å²) in [4.78, 5) is 23.6. The minimum atomic E-state index is -4.75. The molecule has 11 heteroatoms. The first-order chi connectivity index (χ1) is 15.3. The van der Waals surface area contributed by atoms with Crippen LogP contribution in [-0.4, -0.2) is 54.0 Å². The molecule has 1 atom stereocenters. The van der Waals surface area contributed by atoms with Crippen molar-refractivity contribution in [2.24, 2.45) is 10.7 Å². The van der Waals surface area contributed by atoms with Gasteiger partial charge in [0.2, 0.25) is 0 Å². The SMILES string of the molecule is CCCN(C(=O)c1csc(/C(C=Nc2ccc(OC(F)(F)F)cc2)=C/N)n1)[C@@H]1CCNC1. The number of nitrogens with one attached hydrogen (secondary N) is 1. The third-order valence-electron chi connectivity index (χ3n) is 4.77. The molecule has 3 rings (SSSR count). The van der Waals surface area contributed by atoms with Gasteiger partial charge in [0.15, 0.2) is 0 Å². The van der Waals surface area contributed by atoms with Gasteiger partial charge in [0.05, 0.1) is 5.69 Å². The maximum Gasteiger partial charge on any atom is 0.573 e. The van der Waals surface area contributed by atoms with E-state index in [0.29, 0.717) is 28.5 Å². The summed E-state index contributed by atoms with van der Waals surface area (Å²) < 4.78 is 40.6. The van der Waals surface area contributed by atoms with E-state index in [0.717, 1.165) is 25.9 Å². The van der Waals surface area contributed by atoms with E-state index in [1.54, 1.807) is 5.38 Å². The molecule has 2 aromatic rings. The number of hydrogen-bond donors (Lipinski definition) is 2. The molecule has 0 spiro atoms. The van der Waals surface area contributed by atoms with Gasteiger partial charge in [-0.1, -0.05) is 6.92 Å². The minimum Gasteiger partial charge on any atom is -0.406 e. The van der Waals surface area contributed by atoms with Crippen LogP contribution in [0.2, 0.25) is 0 Å². The second-order valence-electron chi connectivity index (χ2n) is 7.10. The highest BCUT2D eigenvalue weighted by Crippen LogP contribution is 2.26. The van der Waals surface area contributed by atoms with Gasteiger partial charge in [-0.2, -0.15) is 0 Å². The van der Waals surface area contributed by atoms with Crippen LogP contribution in [0.5, 0.6) is 5.75 Å². The van der Waals surface area contributed by atoms with E-state index in [-0.39, 0.29) is 17.7 Å². The molecule has 0 radical (unpaired) electrons. The summed E-state index contributed by atoms with van der Waals surface area (Å²) in [6.45, 7) is 4.35. The van der Waals surface area contributed by atoms with Crippen LogP contribution in [0.4, 0.5) is 18.9 Å². The molecule has 1 aliphatic rings. The van der Waals surface area contributed by atoms with E-state index in [4.69, 9.17) is 5.73 Å². The predicted octanol–water partition coefficient (Wildman–Crippen LogP) is 3.96. The van der Waals surface area contributed by atoms with E-state index in [2.05, 4.69) is 20.0 Å². The van der Waals surface area contributed by atoms with Crippen LogP contribution in [0.15, 0.2) is 40.8 Å². The standard InChI is InChI=1S/C21H24F3N5O2S/c1-2-9-29(16-7-8-26-12-16)20(30)18-13-32-19(28-18)14(10-25)11-27-15-3-5-17(6-4-15)31-21(22,23)24/h3-6,10-11,13,16,26H,2,7-9,12,25H2,1H3/b14-10+,27-11?/t16-/m1/s1. The molecule has 1 aliphatic heterocycles. The highest BCUT2D eigenvalue weighted by atomic mass is 32.1.